The first-order valence-corrected chi connectivity index (χ1v) is 13.1. The molecule has 1 saturated carbocycles. The van der Waals surface area contributed by atoms with Crippen LogP contribution in [0.15, 0.2) is 84.4 Å². The van der Waals surface area contributed by atoms with Crippen LogP contribution in [0.5, 0.6) is 0 Å². The molecule has 5 rings (SSSR count). The lowest BCUT2D eigenvalue weighted by Crippen LogP contribution is -2.48. The number of amides is 2. The predicted octanol–water partition coefficient (Wildman–Crippen LogP) is 6.06. The van der Waals surface area contributed by atoms with Crippen molar-refractivity contribution in [1.29, 1.82) is 0 Å². The van der Waals surface area contributed by atoms with E-state index < -0.39 is 6.04 Å². The third kappa shape index (κ3) is 5.28. The molecule has 0 saturated heterocycles. The molecule has 4 aromatic rings. The Morgan fingerprint density at radius 1 is 0.943 bits per heavy atom. The van der Waals surface area contributed by atoms with Crippen LogP contribution in [-0.2, 0) is 16.0 Å². The summed E-state index contributed by atoms with van der Waals surface area (Å²) in [5, 5.41) is 7.18. The monoisotopic (exact) mass is 483 g/mol. The third-order valence-electron chi connectivity index (χ3n) is 6.63. The van der Waals surface area contributed by atoms with E-state index in [0.717, 1.165) is 47.0 Å². The van der Waals surface area contributed by atoms with Crippen molar-refractivity contribution in [2.75, 3.05) is 4.90 Å². The molecular formula is C29H29N3O2S. The fourth-order valence-electron chi connectivity index (χ4n) is 4.93. The maximum atomic E-state index is 14.0. The summed E-state index contributed by atoms with van der Waals surface area (Å²) in [5.74, 6) is -0.304. The van der Waals surface area contributed by atoms with Crippen molar-refractivity contribution in [3.63, 3.8) is 0 Å². The van der Waals surface area contributed by atoms with Crippen LogP contribution in [0.1, 0.15) is 48.7 Å². The summed E-state index contributed by atoms with van der Waals surface area (Å²) in [5.41, 5.74) is 1.28. The van der Waals surface area contributed by atoms with Gasteiger partial charge in [0, 0.05) is 22.5 Å². The van der Waals surface area contributed by atoms with Gasteiger partial charge in [0.25, 0.3) is 0 Å². The zero-order valence-corrected chi connectivity index (χ0v) is 20.4. The van der Waals surface area contributed by atoms with Crippen LogP contribution in [0.25, 0.3) is 10.8 Å². The van der Waals surface area contributed by atoms with Gasteiger partial charge >= 0.3 is 0 Å². The Bertz CT molecular complexity index is 1280. The highest BCUT2D eigenvalue weighted by molar-refractivity contribution is 7.10. The number of carbonyl (C=O) groups is 2. The van der Waals surface area contributed by atoms with E-state index in [2.05, 4.69) is 10.3 Å². The summed E-state index contributed by atoms with van der Waals surface area (Å²) < 4.78 is 0. The van der Waals surface area contributed by atoms with Gasteiger partial charge in [-0.2, -0.15) is 0 Å². The number of hydrogen-bond acceptors (Lipinski definition) is 4. The molecule has 0 radical (unpaired) electrons. The number of pyridine rings is 1. The second-order valence-electron chi connectivity index (χ2n) is 9.02. The molecule has 0 bridgehead atoms. The first kappa shape index (κ1) is 23.2. The van der Waals surface area contributed by atoms with E-state index in [9.17, 15) is 9.59 Å². The lowest BCUT2D eigenvalue weighted by atomic mass is 9.95. The molecule has 2 heterocycles. The second-order valence-corrected chi connectivity index (χ2v) is 10.1. The fourth-order valence-corrected chi connectivity index (χ4v) is 5.63. The Hall–Kier alpha value is -3.51. The summed E-state index contributed by atoms with van der Waals surface area (Å²) in [6, 6.07) is 22.6. The smallest absolute Gasteiger partial charge is 0.249 e. The van der Waals surface area contributed by atoms with Crippen LogP contribution in [-0.4, -0.2) is 22.8 Å². The van der Waals surface area contributed by atoms with Crippen molar-refractivity contribution in [3.8, 4) is 0 Å². The first-order chi connectivity index (χ1) is 17.2. The van der Waals surface area contributed by atoms with Gasteiger partial charge in [-0.05, 0) is 47.9 Å². The van der Waals surface area contributed by atoms with Crippen LogP contribution in [0, 0.1) is 0 Å². The van der Waals surface area contributed by atoms with E-state index in [1.165, 1.54) is 6.42 Å². The standard InChI is InChI=1S/C29H29N3O2S/c33-27(20-23-14-9-19-35-23)32(26-17-8-11-21-10-4-5-15-24(21)26)28(25-16-6-7-18-30-25)29(34)31-22-12-2-1-3-13-22/h4-11,14-19,22,28H,1-3,12-13,20H2,(H,31,34)/t28-/m1/s1. The summed E-state index contributed by atoms with van der Waals surface area (Å²) in [6.45, 7) is 0. The molecule has 2 aromatic carbocycles. The zero-order valence-electron chi connectivity index (χ0n) is 19.6. The molecule has 0 spiro atoms. The second kappa shape index (κ2) is 10.8. The van der Waals surface area contributed by atoms with E-state index in [1.807, 2.05) is 78.2 Å². The molecule has 1 N–H and O–H groups in total. The van der Waals surface area contributed by atoms with Gasteiger partial charge in [-0.3, -0.25) is 19.5 Å². The minimum atomic E-state index is -0.864. The number of carbonyl (C=O) groups excluding carboxylic acids is 2. The number of anilines is 1. The SMILES string of the molecule is O=C(NC1CCCCC1)[C@@H](c1ccccn1)N(C(=O)Cc1cccs1)c1cccc2ccccc12. The average Bonchev–Trinajstić information content (AvgIpc) is 3.41. The van der Waals surface area contributed by atoms with E-state index in [4.69, 9.17) is 0 Å². The molecule has 178 valence electrons. The van der Waals surface area contributed by atoms with Crippen molar-refractivity contribution in [1.82, 2.24) is 10.3 Å². The van der Waals surface area contributed by atoms with Gasteiger partial charge in [0.2, 0.25) is 11.8 Å². The van der Waals surface area contributed by atoms with Gasteiger partial charge in [0.1, 0.15) is 0 Å². The zero-order chi connectivity index (χ0) is 24.0. The molecule has 1 fully saturated rings. The normalized spacial score (nSPS) is 15.0. The first-order valence-electron chi connectivity index (χ1n) is 12.2. The molecule has 1 aliphatic carbocycles. The lowest BCUT2D eigenvalue weighted by molar-refractivity contribution is -0.127. The number of rotatable bonds is 7. The van der Waals surface area contributed by atoms with Gasteiger partial charge in [0.05, 0.1) is 17.8 Å². The molecule has 5 nitrogen and oxygen atoms in total. The highest BCUT2D eigenvalue weighted by atomic mass is 32.1. The van der Waals surface area contributed by atoms with E-state index in [0.29, 0.717) is 5.69 Å². The Morgan fingerprint density at radius 2 is 1.74 bits per heavy atom. The molecule has 0 aliphatic heterocycles. The van der Waals surface area contributed by atoms with E-state index in [-0.39, 0.29) is 24.3 Å². The van der Waals surface area contributed by atoms with E-state index >= 15 is 0 Å². The Labute approximate surface area is 209 Å². The molecule has 35 heavy (non-hydrogen) atoms. The number of benzene rings is 2. The van der Waals surface area contributed by atoms with Gasteiger partial charge in [0.15, 0.2) is 6.04 Å². The van der Waals surface area contributed by atoms with E-state index in [1.54, 1.807) is 22.4 Å². The summed E-state index contributed by atoms with van der Waals surface area (Å²) >= 11 is 1.55. The third-order valence-corrected chi connectivity index (χ3v) is 7.50. The maximum absolute atomic E-state index is 14.0. The number of thiophene rings is 1. The molecule has 2 aromatic heterocycles. The largest absolute Gasteiger partial charge is 0.351 e. The Morgan fingerprint density at radius 3 is 2.51 bits per heavy atom. The average molecular weight is 484 g/mol. The number of nitrogens with zero attached hydrogens (tertiary/aromatic N) is 2. The van der Waals surface area contributed by atoms with Gasteiger partial charge in [-0.1, -0.05) is 67.8 Å². The highest BCUT2D eigenvalue weighted by Gasteiger charge is 2.35. The molecule has 0 unspecified atom stereocenters. The Kier molecular flexibility index (Phi) is 7.19. The van der Waals surface area contributed by atoms with Crippen LogP contribution >= 0.6 is 11.3 Å². The number of nitrogens with one attached hydrogen (secondary N) is 1. The van der Waals surface area contributed by atoms with Crippen molar-refractivity contribution in [3.05, 3.63) is 94.9 Å². The topological polar surface area (TPSA) is 62.3 Å². The molecule has 1 atom stereocenters. The number of fused-ring (bicyclic) bond motifs is 1. The number of hydrogen-bond donors (Lipinski definition) is 1. The molecule has 2 amide bonds. The van der Waals surface area contributed by atoms with Crippen molar-refractivity contribution >= 4 is 39.6 Å². The van der Waals surface area contributed by atoms with Crippen LogP contribution in [0.4, 0.5) is 5.69 Å². The van der Waals surface area contributed by atoms with Gasteiger partial charge in [-0.15, -0.1) is 11.3 Å². The van der Waals surface area contributed by atoms with Crippen molar-refractivity contribution in [2.45, 2.75) is 50.6 Å². The highest BCUT2D eigenvalue weighted by Crippen LogP contribution is 2.34. The maximum Gasteiger partial charge on any atom is 0.249 e. The van der Waals surface area contributed by atoms with Crippen molar-refractivity contribution in [2.24, 2.45) is 0 Å². The van der Waals surface area contributed by atoms with Crippen LogP contribution < -0.4 is 10.2 Å². The summed E-state index contributed by atoms with van der Waals surface area (Å²) in [6.07, 6.45) is 7.28. The van der Waals surface area contributed by atoms with Gasteiger partial charge in [-0.25, -0.2) is 0 Å². The quantitative estimate of drug-likeness (QED) is 0.347. The number of aromatic nitrogens is 1. The van der Waals surface area contributed by atoms with Gasteiger partial charge < -0.3 is 5.32 Å². The predicted molar refractivity (Wildman–Crippen MR) is 141 cm³/mol. The summed E-state index contributed by atoms with van der Waals surface area (Å²) in [7, 11) is 0. The van der Waals surface area contributed by atoms with Crippen LogP contribution in [0.2, 0.25) is 0 Å². The minimum Gasteiger partial charge on any atom is -0.351 e. The molecule has 1 aliphatic rings. The fraction of sp³-hybridized carbons (Fsp3) is 0.276. The Balaban J connectivity index is 1.61. The lowest BCUT2D eigenvalue weighted by Gasteiger charge is -2.33. The molecular weight excluding hydrogens is 454 g/mol. The van der Waals surface area contributed by atoms with Crippen LogP contribution in [0.3, 0.4) is 0 Å². The van der Waals surface area contributed by atoms with Crippen molar-refractivity contribution < 1.29 is 9.59 Å². The summed E-state index contributed by atoms with van der Waals surface area (Å²) in [4.78, 5) is 35.1. The minimum absolute atomic E-state index is 0.127. The molecule has 6 heteroatoms.